The molecule has 0 bridgehead atoms. The van der Waals surface area contributed by atoms with E-state index in [4.69, 9.17) is 11.6 Å². The van der Waals surface area contributed by atoms with Crippen molar-refractivity contribution < 1.29 is 13.2 Å². The summed E-state index contributed by atoms with van der Waals surface area (Å²) < 4.78 is 24.2. The lowest BCUT2D eigenvalue weighted by molar-refractivity contribution is -0.117. The minimum absolute atomic E-state index is 0.0670. The highest BCUT2D eigenvalue weighted by Crippen LogP contribution is 2.38. The van der Waals surface area contributed by atoms with Crippen molar-refractivity contribution in [2.24, 2.45) is 4.99 Å². The van der Waals surface area contributed by atoms with Gasteiger partial charge in [-0.25, -0.2) is 8.42 Å². The van der Waals surface area contributed by atoms with Gasteiger partial charge in [0, 0.05) is 16.8 Å². The number of nitrogens with zero attached hydrogens (tertiary/aromatic N) is 2. The molecule has 0 aromatic heterocycles. The Labute approximate surface area is 180 Å². The zero-order chi connectivity index (χ0) is 20.4. The highest BCUT2D eigenvalue weighted by Gasteiger charge is 2.48. The van der Waals surface area contributed by atoms with Crippen molar-refractivity contribution in [3.63, 3.8) is 0 Å². The lowest BCUT2D eigenvalue weighted by atomic mass is 10.1. The Morgan fingerprint density at radius 1 is 1.10 bits per heavy atom. The van der Waals surface area contributed by atoms with Crippen LogP contribution in [0, 0.1) is 0 Å². The molecule has 0 unspecified atom stereocenters. The Morgan fingerprint density at radius 3 is 2.59 bits per heavy atom. The first-order chi connectivity index (χ1) is 13.9. The molecule has 0 saturated carbocycles. The van der Waals surface area contributed by atoms with Crippen molar-refractivity contribution in [2.75, 3.05) is 18.1 Å². The predicted octanol–water partition coefficient (Wildman–Crippen LogP) is 3.22. The summed E-state index contributed by atoms with van der Waals surface area (Å²) in [5.41, 5.74) is 1.91. The van der Waals surface area contributed by atoms with Gasteiger partial charge in [0.1, 0.15) is 0 Å². The normalized spacial score (nSPS) is 24.0. The third-order valence-corrected chi connectivity index (χ3v) is 8.80. The van der Waals surface area contributed by atoms with E-state index in [1.54, 1.807) is 6.07 Å². The zero-order valence-electron chi connectivity index (χ0n) is 15.7. The first-order valence-electron chi connectivity index (χ1n) is 9.44. The molecule has 2 heterocycles. The van der Waals surface area contributed by atoms with Crippen LogP contribution in [0.2, 0.25) is 5.02 Å². The summed E-state index contributed by atoms with van der Waals surface area (Å²) in [7, 11) is -3.05. The molecule has 0 aliphatic carbocycles. The zero-order valence-corrected chi connectivity index (χ0v) is 18.1. The van der Waals surface area contributed by atoms with E-state index in [1.807, 2.05) is 53.4 Å². The Kier molecular flexibility index (Phi) is 5.99. The number of hydrogen-bond acceptors (Lipinski definition) is 4. The second kappa shape index (κ2) is 8.50. The van der Waals surface area contributed by atoms with Crippen LogP contribution in [-0.2, 0) is 27.5 Å². The Morgan fingerprint density at radius 2 is 1.83 bits per heavy atom. The molecule has 2 saturated heterocycles. The molecule has 2 aliphatic rings. The van der Waals surface area contributed by atoms with Gasteiger partial charge in [0.15, 0.2) is 15.0 Å². The number of amides is 1. The molecule has 1 amide bonds. The molecule has 8 heteroatoms. The largest absolute Gasteiger partial charge is 0.346 e. The average Bonchev–Trinajstić information content (AvgIpc) is 3.14. The third-order valence-electron chi connectivity index (χ3n) is 5.18. The molecule has 5 nitrogen and oxygen atoms in total. The number of fused-ring (bicyclic) bond motifs is 1. The van der Waals surface area contributed by atoms with Crippen LogP contribution in [0.15, 0.2) is 59.6 Å². The second-order valence-corrected chi connectivity index (χ2v) is 11.1. The molecular weight excluding hydrogens is 428 g/mol. The summed E-state index contributed by atoms with van der Waals surface area (Å²) in [6, 6.07) is 17.1. The number of thioether (sulfide) groups is 1. The number of carbonyl (C=O) groups is 1. The second-order valence-electron chi connectivity index (χ2n) is 7.29. The minimum atomic E-state index is -3.05. The fraction of sp³-hybridized carbons (Fsp3) is 0.333. The first-order valence-corrected chi connectivity index (χ1v) is 12.5. The van der Waals surface area contributed by atoms with E-state index in [1.165, 1.54) is 17.3 Å². The molecule has 2 aromatic rings. The lowest BCUT2D eigenvalue weighted by Crippen LogP contribution is -2.39. The molecule has 2 atom stereocenters. The van der Waals surface area contributed by atoms with Crippen molar-refractivity contribution in [2.45, 2.75) is 24.1 Å². The van der Waals surface area contributed by atoms with E-state index in [-0.39, 0.29) is 35.1 Å². The van der Waals surface area contributed by atoms with E-state index in [0.717, 1.165) is 12.0 Å². The summed E-state index contributed by atoms with van der Waals surface area (Å²) >= 11 is 7.57. The van der Waals surface area contributed by atoms with Crippen molar-refractivity contribution in [3.8, 4) is 0 Å². The summed E-state index contributed by atoms with van der Waals surface area (Å²) in [6.45, 7) is 0.631. The Balaban J connectivity index is 1.53. The molecule has 2 fully saturated rings. The summed E-state index contributed by atoms with van der Waals surface area (Å²) in [5.74, 6) is -0.00727. The van der Waals surface area contributed by atoms with E-state index in [9.17, 15) is 13.2 Å². The van der Waals surface area contributed by atoms with Gasteiger partial charge >= 0.3 is 0 Å². The number of amidine groups is 1. The number of benzene rings is 2. The van der Waals surface area contributed by atoms with E-state index in [2.05, 4.69) is 4.99 Å². The van der Waals surface area contributed by atoms with E-state index >= 15 is 0 Å². The van der Waals surface area contributed by atoms with Gasteiger partial charge in [0.25, 0.3) is 5.91 Å². The Hall–Kier alpha value is -1.83. The minimum Gasteiger partial charge on any atom is -0.346 e. The summed E-state index contributed by atoms with van der Waals surface area (Å²) in [4.78, 5) is 18.9. The summed E-state index contributed by atoms with van der Waals surface area (Å²) in [5, 5.41) is 1.11. The molecule has 2 aromatic carbocycles. The quantitative estimate of drug-likeness (QED) is 0.702. The smallest absolute Gasteiger partial charge is 0.252 e. The average molecular weight is 449 g/mol. The maximum Gasteiger partial charge on any atom is 0.252 e. The van der Waals surface area contributed by atoms with Crippen molar-refractivity contribution in [1.82, 2.24) is 4.90 Å². The fourth-order valence-corrected chi connectivity index (χ4v) is 7.94. The number of sulfone groups is 1. The van der Waals surface area contributed by atoms with Crippen LogP contribution in [-0.4, -0.2) is 53.7 Å². The van der Waals surface area contributed by atoms with Gasteiger partial charge in [-0.15, -0.1) is 0 Å². The van der Waals surface area contributed by atoms with Crippen LogP contribution in [0.1, 0.15) is 11.1 Å². The molecule has 0 radical (unpaired) electrons. The Bertz CT molecular complexity index is 1040. The number of aliphatic imine (C=N–C) groups is 1. The number of rotatable bonds is 5. The van der Waals surface area contributed by atoms with Crippen LogP contribution in [0.4, 0.5) is 0 Å². The number of halogens is 1. The van der Waals surface area contributed by atoms with Crippen LogP contribution in [0.3, 0.4) is 0 Å². The standard InChI is InChI=1S/C21H21ClN2O3S2/c22-17-9-5-4-8-16(17)12-20(25)23-21-24(11-10-15-6-2-1-3-7-15)18-13-29(26,27)14-19(18)28-21/h1-9,18-19H,10-14H2/t18-,19-/m0/s1. The SMILES string of the molecule is O=C(Cc1ccccc1Cl)N=C1S[C@H]2CS(=O)(=O)C[C@@H]2N1CCc1ccccc1. The van der Waals surface area contributed by atoms with Crippen molar-refractivity contribution >= 4 is 44.3 Å². The van der Waals surface area contributed by atoms with Gasteiger partial charge in [-0.2, -0.15) is 4.99 Å². The van der Waals surface area contributed by atoms with E-state index in [0.29, 0.717) is 16.7 Å². The van der Waals surface area contributed by atoms with Gasteiger partial charge in [-0.05, 0) is 23.6 Å². The highest BCUT2D eigenvalue weighted by molar-refractivity contribution is 8.15. The number of carbonyl (C=O) groups excluding carboxylic acids is 1. The first kappa shape index (κ1) is 20.4. The van der Waals surface area contributed by atoms with Gasteiger partial charge in [0.2, 0.25) is 0 Å². The fourth-order valence-electron chi connectivity index (χ4n) is 3.74. The maximum absolute atomic E-state index is 12.6. The molecule has 29 heavy (non-hydrogen) atoms. The molecule has 152 valence electrons. The van der Waals surface area contributed by atoms with Crippen LogP contribution in [0.25, 0.3) is 0 Å². The molecule has 0 N–H and O–H groups in total. The highest BCUT2D eigenvalue weighted by atomic mass is 35.5. The van der Waals surface area contributed by atoms with Crippen molar-refractivity contribution in [3.05, 3.63) is 70.7 Å². The van der Waals surface area contributed by atoms with Gasteiger partial charge < -0.3 is 4.90 Å². The predicted molar refractivity (Wildman–Crippen MR) is 118 cm³/mol. The summed E-state index contributed by atoms with van der Waals surface area (Å²) in [6.07, 6.45) is 0.895. The van der Waals surface area contributed by atoms with Gasteiger partial charge in [-0.3, -0.25) is 4.79 Å². The molecule has 2 aliphatic heterocycles. The molecular formula is C21H21ClN2O3S2. The van der Waals surface area contributed by atoms with Crippen LogP contribution >= 0.6 is 23.4 Å². The van der Waals surface area contributed by atoms with Gasteiger partial charge in [-0.1, -0.05) is 71.9 Å². The van der Waals surface area contributed by atoms with Gasteiger partial charge in [0.05, 0.1) is 24.0 Å². The van der Waals surface area contributed by atoms with E-state index < -0.39 is 9.84 Å². The third kappa shape index (κ3) is 4.85. The monoisotopic (exact) mass is 448 g/mol. The van der Waals surface area contributed by atoms with Crippen LogP contribution < -0.4 is 0 Å². The van der Waals surface area contributed by atoms with Crippen molar-refractivity contribution in [1.29, 1.82) is 0 Å². The topological polar surface area (TPSA) is 66.8 Å². The van der Waals surface area contributed by atoms with Crippen LogP contribution in [0.5, 0.6) is 0 Å². The molecule has 4 rings (SSSR count). The molecule has 0 spiro atoms. The number of hydrogen-bond donors (Lipinski definition) is 0. The maximum atomic E-state index is 12.6. The lowest BCUT2D eigenvalue weighted by Gasteiger charge is -2.24.